The Hall–Kier alpha value is -6.03. The first-order chi connectivity index (χ1) is 35.7. The molecule has 0 bridgehead atoms. The predicted octanol–water partition coefficient (Wildman–Crippen LogP) is 17.0. The van der Waals surface area contributed by atoms with Crippen molar-refractivity contribution in [3.63, 3.8) is 0 Å². The molecule has 6 radical (unpaired) electrons. The molecule has 0 fully saturated rings. The van der Waals surface area contributed by atoms with Crippen LogP contribution in [0.1, 0.15) is 50.1 Å². The zero-order valence-electron chi connectivity index (χ0n) is 41.3. The van der Waals surface area contributed by atoms with Gasteiger partial charge in [-0.1, -0.05) is 297 Å². The summed E-state index contributed by atoms with van der Waals surface area (Å²) in [6, 6.07) is 98.1. The third kappa shape index (κ3) is 26.0. The van der Waals surface area contributed by atoms with Crippen molar-refractivity contribution >= 4 is 44.1 Å². The van der Waals surface area contributed by atoms with Gasteiger partial charge in [0.15, 0.2) is 0 Å². The van der Waals surface area contributed by atoms with Crippen LogP contribution in [-0.4, -0.2) is 20.4 Å². The zero-order valence-corrected chi connectivity index (χ0v) is 46.9. The van der Waals surface area contributed by atoms with E-state index in [4.69, 9.17) is 14.4 Å². The Balaban J connectivity index is 0.000000273. The van der Waals surface area contributed by atoms with Crippen LogP contribution in [0.2, 0.25) is 0 Å². The zero-order chi connectivity index (χ0) is 51.1. The maximum atomic E-state index is 7.50. The normalized spacial score (nSPS) is 9.90. The van der Waals surface area contributed by atoms with Gasteiger partial charge in [0.05, 0.1) is 0 Å². The van der Waals surface area contributed by atoms with Crippen LogP contribution in [-0.2, 0) is 90.9 Å². The molecular formula is C66H63O3P3W. The van der Waals surface area contributed by atoms with E-state index in [1.165, 1.54) is 106 Å². The van der Waals surface area contributed by atoms with Crippen molar-refractivity contribution in [1.29, 1.82) is 0 Å². The molecule has 0 spiro atoms. The number of carbonyl (C=O) groups excluding carboxylic acids is 3. The van der Waals surface area contributed by atoms with Crippen LogP contribution in [0.5, 0.6) is 0 Å². The monoisotopic (exact) mass is 1180 g/mol. The Morgan fingerprint density at radius 1 is 0.178 bits per heavy atom. The van der Waals surface area contributed by atoms with Crippen LogP contribution in [0, 0.1) is 0 Å². The summed E-state index contributed by atoms with van der Waals surface area (Å²) in [5, 5.41) is 0. The Bertz CT molecular complexity index is 2060. The average molecular weight is 1180 g/mol. The number of rotatable bonds is 18. The molecule has 0 aliphatic carbocycles. The second kappa shape index (κ2) is 39.5. The molecule has 0 saturated carbocycles. The van der Waals surface area contributed by atoms with Crippen molar-refractivity contribution in [2.24, 2.45) is 0 Å². The Morgan fingerprint density at radius 3 is 0.342 bits per heavy atom. The summed E-state index contributed by atoms with van der Waals surface area (Å²) in [5.41, 5.74) is 13.1. The van der Waals surface area contributed by atoms with E-state index in [-0.39, 0.29) is 44.8 Å². The fourth-order valence-electron chi connectivity index (χ4n) is 8.08. The van der Waals surface area contributed by atoms with E-state index in [0.29, 0.717) is 0 Å². The van der Waals surface area contributed by atoms with Crippen LogP contribution >= 0.6 is 23.8 Å². The molecule has 9 rings (SSSR count). The van der Waals surface area contributed by atoms with Crippen LogP contribution in [0.25, 0.3) is 0 Å². The van der Waals surface area contributed by atoms with Crippen molar-refractivity contribution in [3.05, 3.63) is 323 Å². The van der Waals surface area contributed by atoms with Gasteiger partial charge in [-0.25, -0.2) is 0 Å². The summed E-state index contributed by atoms with van der Waals surface area (Å²) in [5.74, 6) is 0. The molecule has 0 saturated heterocycles. The van der Waals surface area contributed by atoms with E-state index in [9.17, 15) is 0 Å². The molecule has 0 N–H and O–H groups in total. The molecule has 7 heteroatoms. The molecule has 366 valence electrons. The molecule has 9 aromatic rings. The Kier molecular flexibility index (Phi) is 33.1. The fourth-order valence-corrected chi connectivity index (χ4v) is 15.6. The smallest absolute Gasteiger partial charge is 0.281 e. The van der Waals surface area contributed by atoms with Crippen LogP contribution < -0.4 is 0 Å². The quantitative estimate of drug-likeness (QED) is 0.0805. The van der Waals surface area contributed by atoms with Crippen molar-refractivity contribution in [1.82, 2.24) is 0 Å². The molecule has 3 nitrogen and oxygen atoms in total. The molecule has 0 heterocycles. The third-order valence-electron chi connectivity index (χ3n) is 11.2. The van der Waals surface area contributed by atoms with Gasteiger partial charge in [-0.3, -0.25) is 14.4 Å². The van der Waals surface area contributed by atoms with Crippen molar-refractivity contribution in [2.75, 3.05) is 0 Å². The van der Waals surface area contributed by atoms with Gasteiger partial charge in [-0.2, -0.15) is 0 Å². The first-order valence-electron chi connectivity index (χ1n) is 23.8. The van der Waals surface area contributed by atoms with Gasteiger partial charge in [-0.05, 0) is 106 Å². The van der Waals surface area contributed by atoms with E-state index in [1.54, 1.807) is 0 Å². The van der Waals surface area contributed by atoms with Gasteiger partial charge >= 0.3 is 0 Å². The largest absolute Gasteiger partial charge is 0.281 e. The minimum atomic E-state index is -0.0895. The predicted molar refractivity (Wildman–Crippen MR) is 309 cm³/mol. The standard InChI is InChI=1S/3C21H21P.3CO.W/c3*1-4-10-19(11-5-1)16-22(17-20-12-6-2-7-13-20)18-21-14-8-3-9-15-21;3*1-2;/h3*1-15H,16-18H2;;;;. The molecule has 0 atom stereocenters. The molecule has 0 unspecified atom stereocenters. The van der Waals surface area contributed by atoms with Gasteiger partial charge in [0, 0.05) is 21.1 Å². The van der Waals surface area contributed by atoms with Gasteiger partial charge < -0.3 is 0 Å². The maximum absolute atomic E-state index is 7.50. The van der Waals surface area contributed by atoms with E-state index in [1.807, 2.05) is 0 Å². The van der Waals surface area contributed by atoms with Crippen molar-refractivity contribution in [3.8, 4) is 0 Å². The summed E-state index contributed by atoms with van der Waals surface area (Å²) in [6.07, 6.45) is 10.7. The molecular weight excluding hydrogens is 1120 g/mol. The molecule has 0 amide bonds. The number of benzene rings is 9. The summed E-state index contributed by atoms with van der Waals surface area (Å²) >= 11 is 0. The number of hydrogen-bond donors (Lipinski definition) is 0. The third-order valence-corrected chi connectivity index (χ3v) is 18.6. The van der Waals surface area contributed by atoms with Crippen LogP contribution in [0.15, 0.2) is 273 Å². The van der Waals surface area contributed by atoms with Crippen molar-refractivity contribution in [2.45, 2.75) is 55.5 Å². The fraction of sp³-hybridized carbons (Fsp3) is 0.136. The number of hydrogen-bond acceptors (Lipinski definition) is 3. The SMILES string of the molecule is [C]=O.[C]=O.[C]=O.[W].c1ccc(CP(Cc2ccccc2)Cc2ccccc2)cc1.c1ccc(CP(Cc2ccccc2)Cc2ccccc2)cc1.c1ccc(CP(Cc2ccccc2)Cc2ccccc2)cc1. The van der Waals surface area contributed by atoms with Gasteiger partial charge in [0.1, 0.15) is 0 Å². The summed E-state index contributed by atoms with van der Waals surface area (Å²) in [7, 11) is -0.269. The summed E-state index contributed by atoms with van der Waals surface area (Å²) < 4.78 is 0. The van der Waals surface area contributed by atoms with Crippen molar-refractivity contribution < 1.29 is 35.4 Å². The van der Waals surface area contributed by atoms with E-state index in [0.717, 1.165) is 0 Å². The first kappa shape index (κ1) is 61.3. The molecule has 9 aromatic carbocycles. The maximum Gasteiger partial charge on any atom is 0.281 e. The minimum absolute atomic E-state index is 0. The van der Waals surface area contributed by atoms with Gasteiger partial charge in [-0.15, -0.1) is 0 Å². The second-order valence-electron chi connectivity index (χ2n) is 16.8. The molecule has 0 aromatic heterocycles. The average Bonchev–Trinajstić information content (AvgIpc) is 3.45. The Morgan fingerprint density at radius 2 is 0.260 bits per heavy atom. The topological polar surface area (TPSA) is 51.2 Å². The molecule has 73 heavy (non-hydrogen) atoms. The van der Waals surface area contributed by atoms with Gasteiger partial charge in [0.2, 0.25) is 0 Å². The van der Waals surface area contributed by atoms with Crippen LogP contribution in [0.4, 0.5) is 0 Å². The first-order valence-corrected chi connectivity index (χ1v) is 29.5. The van der Waals surface area contributed by atoms with Gasteiger partial charge in [0.25, 0.3) is 20.4 Å². The van der Waals surface area contributed by atoms with E-state index >= 15 is 0 Å². The van der Waals surface area contributed by atoms with E-state index < -0.39 is 0 Å². The Labute approximate surface area is 455 Å². The van der Waals surface area contributed by atoms with Crippen LogP contribution in [0.3, 0.4) is 0 Å². The summed E-state index contributed by atoms with van der Waals surface area (Å²) in [6.45, 7) is 13.5. The minimum Gasteiger partial charge on any atom is -0.281 e. The van der Waals surface area contributed by atoms with E-state index in [2.05, 4.69) is 293 Å². The molecule has 0 aliphatic rings. The summed E-state index contributed by atoms with van der Waals surface area (Å²) in [4.78, 5) is 22.5. The molecule has 0 aliphatic heterocycles. The second-order valence-corrected chi connectivity index (χ2v) is 23.7.